The van der Waals surface area contributed by atoms with Crippen LogP contribution in [-0.4, -0.2) is 19.2 Å². The van der Waals surface area contributed by atoms with E-state index in [-0.39, 0.29) is 19.2 Å². The van der Waals surface area contributed by atoms with Crippen molar-refractivity contribution < 1.29 is 19.0 Å². The maximum absolute atomic E-state index is 12.0. The Morgan fingerprint density at radius 2 is 2.00 bits per heavy atom. The van der Waals surface area contributed by atoms with Crippen molar-refractivity contribution in [3.05, 3.63) is 58.1 Å². The molecule has 1 aliphatic rings. The molecule has 0 spiro atoms. The Morgan fingerprint density at radius 3 is 2.86 bits per heavy atom. The number of rotatable bonds is 5. The number of hydrogen-bond donors (Lipinski definition) is 0. The predicted octanol–water partition coefficient (Wildman–Crippen LogP) is 3.58. The molecule has 2 aromatic carbocycles. The minimum atomic E-state index is -0.0444. The Balaban J connectivity index is 1.55. The average Bonchev–Trinajstić information content (AvgIpc) is 2.94. The molecule has 0 saturated carbocycles. The van der Waals surface area contributed by atoms with Gasteiger partial charge >= 0.3 is 0 Å². The van der Waals surface area contributed by atoms with Gasteiger partial charge in [-0.05, 0) is 29.8 Å². The minimum Gasteiger partial charge on any atom is -0.454 e. The zero-order chi connectivity index (χ0) is 14.7. The molecule has 0 fully saturated rings. The zero-order valence-corrected chi connectivity index (χ0v) is 12.8. The molecular weight excluding hydrogens is 336 g/mol. The molecule has 5 heteroatoms. The van der Waals surface area contributed by atoms with Gasteiger partial charge in [0, 0.05) is 10.0 Å². The summed E-state index contributed by atoms with van der Waals surface area (Å²) >= 11 is 3.35. The summed E-state index contributed by atoms with van der Waals surface area (Å²) in [6, 6.07) is 12.9. The van der Waals surface area contributed by atoms with Crippen LogP contribution >= 0.6 is 15.9 Å². The Morgan fingerprint density at radius 1 is 1.14 bits per heavy atom. The quantitative estimate of drug-likeness (QED) is 0.774. The van der Waals surface area contributed by atoms with Crippen LogP contribution in [0.2, 0.25) is 0 Å². The van der Waals surface area contributed by atoms with Gasteiger partial charge in [-0.15, -0.1) is 0 Å². The third-order valence-electron chi connectivity index (χ3n) is 3.09. The maximum atomic E-state index is 12.0. The molecule has 3 rings (SSSR count). The Labute approximate surface area is 130 Å². The molecule has 0 unspecified atom stereocenters. The lowest BCUT2D eigenvalue weighted by Crippen LogP contribution is -2.09. The van der Waals surface area contributed by atoms with E-state index < -0.39 is 0 Å². The highest BCUT2D eigenvalue weighted by Crippen LogP contribution is 2.32. The number of ether oxygens (including phenoxy) is 3. The number of carbonyl (C=O) groups is 1. The maximum Gasteiger partial charge on any atom is 0.231 e. The van der Waals surface area contributed by atoms with Crippen molar-refractivity contribution in [1.82, 2.24) is 0 Å². The van der Waals surface area contributed by atoms with Crippen molar-refractivity contribution in [2.75, 3.05) is 13.4 Å². The van der Waals surface area contributed by atoms with E-state index in [1.54, 1.807) is 12.1 Å². The van der Waals surface area contributed by atoms with E-state index in [1.807, 2.05) is 30.3 Å². The van der Waals surface area contributed by atoms with Crippen LogP contribution in [0.15, 0.2) is 46.9 Å². The van der Waals surface area contributed by atoms with Gasteiger partial charge in [-0.2, -0.15) is 0 Å². The highest BCUT2D eigenvalue weighted by atomic mass is 79.9. The van der Waals surface area contributed by atoms with Crippen LogP contribution in [0.3, 0.4) is 0 Å². The number of hydrogen-bond acceptors (Lipinski definition) is 4. The van der Waals surface area contributed by atoms with Gasteiger partial charge in [0.05, 0.1) is 6.61 Å². The summed E-state index contributed by atoms with van der Waals surface area (Å²) in [5.74, 6) is 1.41. The van der Waals surface area contributed by atoms with E-state index in [1.165, 1.54) is 0 Å². The topological polar surface area (TPSA) is 44.8 Å². The number of fused-ring (bicyclic) bond motifs is 1. The summed E-state index contributed by atoms with van der Waals surface area (Å²) in [6.45, 7) is 0.655. The third-order valence-corrected chi connectivity index (χ3v) is 3.58. The minimum absolute atomic E-state index is 0.0444. The monoisotopic (exact) mass is 348 g/mol. The molecular formula is C16H13BrO4. The van der Waals surface area contributed by atoms with Crippen LogP contribution in [-0.2, 0) is 11.3 Å². The molecule has 0 atom stereocenters. The summed E-state index contributed by atoms with van der Waals surface area (Å²) in [4.78, 5) is 12.0. The normalized spacial score (nSPS) is 12.4. The summed E-state index contributed by atoms with van der Waals surface area (Å²) in [7, 11) is 0. The molecule has 4 nitrogen and oxygen atoms in total. The first-order valence-electron chi connectivity index (χ1n) is 6.47. The SMILES string of the molecule is O=C(COCc1ccc2c(c1)OCO2)c1cccc(Br)c1. The predicted molar refractivity (Wildman–Crippen MR) is 80.7 cm³/mol. The molecule has 21 heavy (non-hydrogen) atoms. The van der Waals surface area contributed by atoms with Gasteiger partial charge in [-0.1, -0.05) is 34.1 Å². The molecule has 0 aromatic heterocycles. The highest BCUT2D eigenvalue weighted by Gasteiger charge is 2.13. The third kappa shape index (κ3) is 3.43. The van der Waals surface area contributed by atoms with E-state index >= 15 is 0 Å². The summed E-state index contributed by atoms with van der Waals surface area (Å²) in [5, 5.41) is 0. The molecule has 1 heterocycles. The molecule has 0 amide bonds. The molecule has 0 bridgehead atoms. The summed E-state index contributed by atoms with van der Waals surface area (Å²) < 4.78 is 16.9. The van der Waals surface area contributed by atoms with E-state index in [4.69, 9.17) is 14.2 Å². The van der Waals surface area contributed by atoms with Gasteiger partial charge in [0.25, 0.3) is 0 Å². The number of benzene rings is 2. The van der Waals surface area contributed by atoms with Crippen molar-refractivity contribution in [3.8, 4) is 11.5 Å². The van der Waals surface area contributed by atoms with E-state index in [0.29, 0.717) is 12.2 Å². The van der Waals surface area contributed by atoms with Gasteiger partial charge in [0.15, 0.2) is 17.3 Å². The second kappa shape index (κ2) is 6.28. The van der Waals surface area contributed by atoms with Crippen LogP contribution in [0.4, 0.5) is 0 Å². The van der Waals surface area contributed by atoms with E-state index in [9.17, 15) is 4.79 Å². The fourth-order valence-electron chi connectivity index (χ4n) is 2.04. The largest absolute Gasteiger partial charge is 0.454 e. The van der Waals surface area contributed by atoms with Gasteiger partial charge in [0.2, 0.25) is 6.79 Å². The fourth-order valence-corrected chi connectivity index (χ4v) is 2.44. The van der Waals surface area contributed by atoms with E-state index in [2.05, 4.69) is 15.9 Å². The van der Waals surface area contributed by atoms with Crippen LogP contribution in [0.1, 0.15) is 15.9 Å². The molecule has 2 aromatic rings. The fraction of sp³-hybridized carbons (Fsp3) is 0.188. The van der Waals surface area contributed by atoms with Crippen LogP contribution < -0.4 is 9.47 Å². The number of halogens is 1. The zero-order valence-electron chi connectivity index (χ0n) is 11.2. The molecule has 0 radical (unpaired) electrons. The number of ketones is 1. The lowest BCUT2D eigenvalue weighted by atomic mass is 10.1. The average molecular weight is 349 g/mol. The molecule has 0 saturated heterocycles. The van der Waals surface area contributed by atoms with Crippen LogP contribution in [0.25, 0.3) is 0 Å². The highest BCUT2D eigenvalue weighted by molar-refractivity contribution is 9.10. The Kier molecular flexibility index (Phi) is 4.22. The number of Topliss-reactive ketones (excluding diaryl/α,β-unsaturated/α-hetero) is 1. The van der Waals surface area contributed by atoms with Crippen molar-refractivity contribution in [1.29, 1.82) is 0 Å². The first kappa shape index (κ1) is 14.1. The Bertz CT molecular complexity index is 669. The smallest absolute Gasteiger partial charge is 0.231 e. The Hall–Kier alpha value is -1.85. The second-order valence-corrected chi connectivity index (χ2v) is 5.53. The lowest BCUT2D eigenvalue weighted by Gasteiger charge is -2.05. The first-order valence-corrected chi connectivity index (χ1v) is 7.27. The van der Waals surface area contributed by atoms with Crippen molar-refractivity contribution in [3.63, 3.8) is 0 Å². The van der Waals surface area contributed by atoms with Crippen LogP contribution in [0.5, 0.6) is 11.5 Å². The molecule has 0 N–H and O–H groups in total. The first-order chi connectivity index (χ1) is 10.2. The van der Waals surface area contributed by atoms with Gasteiger partial charge in [-0.3, -0.25) is 4.79 Å². The van der Waals surface area contributed by atoms with Crippen molar-refractivity contribution in [2.45, 2.75) is 6.61 Å². The standard InChI is InChI=1S/C16H13BrO4/c17-13-3-1-2-12(7-13)14(18)9-19-8-11-4-5-15-16(6-11)21-10-20-15/h1-7H,8-10H2. The van der Waals surface area contributed by atoms with Gasteiger partial charge in [0.1, 0.15) is 6.61 Å². The lowest BCUT2D eigenvalue weighted by molar-refractivity contribution is 0.0726. The van der Waals surface area contributed by atoms with Gasteiger partial charge < -0.3 is 14.2 Å². The molecule has 0 aliphatic carbocycles. The van der Waals surface area contributed by atoms with E-state index in [0.717, 1.165) is 21.5 Å². The second-order valence-electron chi connectivity index (χ2n) is 4.61. The number of carbonyl (C=O) groups excluding carboxylic acids is 1. The van der Waals surface area contributed by atoms with Gasteiger partial charge in [-0.25, -0.2) is 0 Å². The van der Waals surface area contributed by atoms with Crippen LogP contribution in [0, 0.1) is 0 Å². The summed E-state index contributed by atoms with van der Waals surface area (Å²) in [5.41, 5.74) is 1.58. The molecule has 108 valence electrons. The van der Waals surface area contributed by atoms with Crippen molar-refractivity contribution in [2.24, 2.45) is 0 Å². The molecule has 1 aliphatic heterocycles. The van der Waals surface area contributed by atoms with Crippen molar-refractivity contribution >= 4 is 21.7 Å². The summed E-state index contributed by atoms with van der Waals surface area (Å²) in [6.07, 6.45) is 0.